The molecule has 0 radical (unpaired) electrons. The van der Waals surface area contributed by atoms with Gasteiger partial charge in [0.05, 0.1) is 29.2 Å². The maximum absolute atomic E-state index is 12.6. The lowest BCUT2D eigenvalue weighted by Gasteiger charge is -2.26. The Labute approximate surface area is 186 Å². The van der Waals surface area contributed by atoms with E-state index in [2.05, 4.69) is 5.32 Å². The highest BCUT2D eigenvalue weighted by Gasteiger charge is 2.34. The Bertz CT molecular complexity index is 1110. The van der Waals surface area contributed by atoms with E-state index >= 15 is 0 Å². The van der Waals surface area contributed by atoms with Crippen LogP contribution in [0, 0.1) is 0 Å². The molecule has 0 atom stereocenters. The minimum Gasteiger partial charge on any atom is -0.379 e. The quantitative estimate of drug-likeness (QED) is 0.634. The molecule has 10 heteroatoms. The fourth-order valence-corrected chi connectivity index (χ4v) is 5.12. The molecule has 0 aliphatic carbocycles. The highest BCUT2D eigenvalue weighted by atomic mass is 32.2. The minimum absolute atomic E-state index is 0.112. The Hall–Kier alpha value is -3.08. The molecule has 2 aliphatic rings. The molecule has 1 fully saturated rings. The first-order valence-electron chi connectivity index (χ1n) is 10.3. The topological polar surface area (TPSA) is 113 Å². The number of imide groups is 1. The number of hydrogen-bond donors (Lipinski definition) is 1. The van der Waals surface area contributed by atoms with E-state index in [1.54, 1.807) is 24.3 Å². The third kappa shape index (κ3) is 4.43. The second kappa shape index (κ2) is 9.19. The van der Waals surface area contributed by atoms with E-state index in [0.29, 0.717) is 49.5 Å². The van der Waals surface area contributed by atoms with E-state index in [0.717, 1.165) is 4.90 Å². The third-order valence-corrected chi connectivity index (χ3v) is 7.32. The van der Waals surface area contributed by atoms with Crippen molar-refractivity contribution < 1.29 is 27.5 Å². The van der Waals surface area contributed by atoms with Crippen molar-refractivity contribution in [1.29, 1.82) is 0 Å². The molecule has 32 heavy (non-hydrogen) atoms. The number of benzene rings is 2. The van der Waals surface area contributed by atoms with Gasteiger partial charge in [0.2, 0.25) is 15.9 Å². The smallest absolute Gasteiger partial charge is 0.261 e. The summed E-state index contributed by atoms with van der Waals surface area (Å²) in [5.41, 5.74) is 1.24. The van der Waals surface area contributed by atoms with E-state index in [9.17, 15) is 22.8 Å². The standard InChI is InChI=1S/C22H23N3O6S/c26-20(6-3-11-25-21(27)18-4-1-2-5-19(18)22(25)28)23-16-7-9-17(10-8-16)32(29,30)24-12-14-31-15-13-24/h1-2,4-5,7-10H,3,6,11-15H2,(H,23,26). The van der Waals surface area contributed by atoms with E-state index in [4.69, 9.17) is 4.74 Å². The molecular formula is C22H23N3O6S. The maximum Gasteiger partial charge on any atom is 0.261 e. The minimum atomic E-state index is -3.59. The van der Waals surface area contributed by atoms with E-state index in [-0.39, 0.29) is 35.6 Å². The van der Waals surface area contributed by atoms with Crippen molar-refractivity contribution in [2.45, 2.75) is 17.7 Å². The monoisotopic (exact) mass is 457 g/mol. The first kappa shape index (κ1) is 22.1. The number of ether oxygens (including phenoxy) is 1. The molecule has 0 unspecified atom stereocenters. The van der Waals surface area contributed by atoms with Crippen LogP contribution >= 0.6 is 0 Å². The number of nitrogens with zero attached hydrogens (tertiary/aromatic N) is 2. The van der Waals surface area contributed by atoms with Crippen LogP contribution in [-0.4, -0.2) is 68.2 Å². The number of amides is 3. The number of fused-ring (bicyclic) bond motifs is 1. The van der Waals surface area contributed by atoms with Crippen LogP contribution in [0.15, 0.2) is 53.4 Å². The number of anilines is 1. The number of rotatable bonds is 7. The zero-order valence-corrected chi connectivity index (χ0v) is 18.1. The molecule has 2 aromatic carbocycles. The fourth-order valence-electron chi connectivity index (χ4n) is 3.71. The second-order valence-electron chi connectivity index (χ2n) is 7.50. The number of sulfonamides is 1. The Morgan fingerprint density at radius 1 is 0.938 bits per heavy atom. The van der Waals surface area contributed by atoms with Crippen LogP contribution in [0.4, 0.5) is 5.69 Å². The van der Waals surface area contributed by atoms with Gasteiger partial charge in [-0.25, -0.2) is 8.42 Å². The average Bonchev–Trinajstić information content (AvgIpc) is 3.05. The van der Waals surface area contributed by atoms with Crippen molar-refractivity contribution in [3.63, 3.8) is 0 Å². The molecule has 1 N–H and O–H groups in total. The van der Waals surface area contributed by atoms with Gasteiger partial charge in [-0.1, -0.05) is 12.1 Å². The third-order valence-electron chi connectivity index (χ3n) is 5.41. The summed E-state index contributed by atoms with van der Waals surface area (Å²) in [6.07, 6.45) is 0.433. The number of morpholine rings is 1. The van der Waals surface area contributed by atoms with Gasteiger partial charge >= 0.3 is 0 Å². The van der Waals surface area contributed by atoms with Crippen molar-refractivity contribution in [2.75, 3.05) is 38.2 Å². The van der Waals surface area contributed by atoms with Gasteiger partial charge in [0.25, 0.3) is 11.8 Å². The van der Waals surface area contributed by atoms with Crippen LogP contribution in [0.5, 0.6) is 0 Å². The van der Waals surface area contributed by atoms with E-state index in [1.165, 1.54) is 28.6 Å². The lowest BCUT2D eigenvalue weighted by molar-refractivity contribution is -0.116. The maximum atomic E-state index is 12.6. The van der Waals surface area contributed by atoms with Gasteiger partial charge in [-0.2, -0.15) is 4.31 Å². The van der Waals surface area contributed by atoms with E-state index in [1.807, 2.05) is 0 Å². The molecule has 0 spiro atoms. The van der Waals surface area contributed by atoms with Gasteiger partial charge in [-0.15, -0.1) is 0 Å². The van der Waals surface area contributed by atoms with Crippen LogP contribution < -0.4 is 5.32 Å². The van der Waals surface area contributed by atoms with Crippen LogP contribution in [0.1, 0.15) is 33.6 Å². The summed E-state index contributed by atoms with van der Waals surface area (Å²) in [5.74, 6) is -0.975. The summed E-state index contributed by atoms with van der Waals surface area (Å²) < 4.78 is 31.9. The Morgan fingerprint density at radius 3 is 2.12 bits per heavy atom. The Kier molecular flexibility index (Phi) is 6.35. The molecule has 0 saturated carbocycles. The summed E-state index contributed by atoms with van der Waals surface area (Å²) in [6, 6.07) is 12.6. The highest BCUT2D eigenvalue weighted by Crippen LogP contribution is 2.23. The predicted molar refractivity (Wildman–Crippen MR) is 116 cm³/mol. The number of hydrogen-bond acceptors (Lipinski definition) is 6. The first-order chi connectivity index (χ1) is 15.4. The largest absolute Gasteiger partial charge is 0.379 e. The normalized spacial score (nSPS) is 16.8. The van der Waals surface area contributed by atoms with Gasteiger partial charge in [0.15, 0.2) is 0 Å². The van der Waals surface area contributed by atoms with Gasteiger partial charge in [-0.05, 0) is 42.8 Å². The molecule has 2 heterocycles. The van der Waals surface area contributed by atoms with Gasteiger partial charge < -0.3 is 10.1 Å². The number of carbonyl (C=O) groups excluding carboxylic acids is 3. The lowest BCUT2D eigenvalue weighted by Crippen LogP contribution is -2.40. The Morgan fingerprint density at radius 2 is 1.53 bits per heavy atom. The zero-order chi connectivity index (χ0) is 22.7. The Balaban J connectivity index is 1.28. The molecule has 2 aliphatic heterocycles. The van der Waals surface area contributed by atoms with Crippen molar-refractivity contribution in [3.05, 3.63) is 59.7 Å². The molecule has 0 bridgehead atoms. The first-order valence-corrected chi connectivity index (χ1v) is 11.7. The average molecular weight is 458 g/mol. The summed E-state index contributed by atoms with van der Waals surface area (Å²) in [4.78, 5) is 38.3. The summed E-state index contributed by atoms with van der Waals surface area (Å²) in [6.45, 7) is 1.51. The highest BCUT2D eigenvalue weighted by molar-refractivity contribution is 7.89. The molecule has 3 amide bonds. The van der Waals surface area contributed by atoms with E-state index < -0.39 is 10.0 Å². The van der Waals surface area contributed by atoms with Gasteiger partial charge in [0.1, 0.15) is 0 Å². The fraction of sp³-hybridized carbons (Fsp3) is 0.318. The van der Waals surface area contributed by atoms with Gasteiger partial charge in [0, 0.05) is 31.7 Å². The van der Waals surface area contributed by atoms with Crippen molar-refractivity contribution >= 4 is 33.4 Å². The van der Waals surface area contributed by atoms with Crippen LogP contribution in [-0.2, 0) is 19.6 Å². The summed E-state index contributed by atoms with van der Waals surface area (Å²) >= 11 is 0. The predicted octanol–water partition coefficient (Wildman–Crippen LogP) is 1.72. The second-order valence-corrected chi connectivity index (χ2v) is 9.44. The SMILES string of the molecule is O=C(CCCN1C(=O)c2ccccc2C1=O)Nc1ccc(S(=O)(=O)N2CCOCC2)cc1. The molecule has 2 aromatic rings. The number of nitrogens with one attached hydrogen (secondary N) is 1. The number of carbonyl (C=O) groups is 3. The molecule has 168 valence electrons. The van der Waals surface area contributed by atoms with Crippen LogP contribution in [0.25, 0.3) is 0 Å². The zero-order valence-electron chi connectivity index (χ0n) is 17.3. The van der Waals surface area contributed by atoms with Crippen molar-refractivity contribution in [1.82, 2.24) is 9.21 Å². The summed E-state index contributed by atoms with van der Waals surface area (Å²) in [7, 11) is -3.59. The van der Waals surface area contributed by atoms with Crippen LogP contribution in [0.3, 0.4) is 0 Å². The molecule has 4 rings (SSSR count). The van der Waals surface area contributed by atoms with Crippen molar-refractivity contribution in [3.8, 4) is 0 Å². The summed E-state index contributed by atoms with van der Waals surface area (Å²) in [5, 5.41) is 2.71. The van der Waals surface area contributed by atoms with Crippen LogP contribution in [0.2, 0.25) is 0 Å². The molecule has 9 nitrogen and oxygen atoms in total. The molecular weight excluding hydrogens is 434 g/mol. The molecule has 0 aromatic heterocycles. The van der Waals surface area contributed by atoms with Gasteiger partial charge in [-0.3, -0.25) is 19.3 Å². The van der Waals surface area contributed by atoms with Crippen molar-refractivity contribution in [2.24, 2.45) is 0 Å². The molecule has 1 saturated heterocycles. The lowest BCUT2D eigenvalue weighted by atomic mass is 10.1.